The molecule has 0 unspecified atom stereocenters. The van der Waals surface area contributed by atoms with Crippen LogP contribution in [0.2, 0.25) is 0 Å². The summed E-state index contributed by atoms with van der Waals surface area (Å²) in [6.45, 7) is 8.43. The molecule has 3 heterocycles. The summed E-state index contributed by atoms with van der Waals surface area (Å²) in [7, 11) is 0. The van der Waals surface area contributed by atoms with E-state index in [0.717, 1.165) is 41.4 Å². The maximum Gasteiger partial charge on any atom is 0.410 e. The van der Waals surface area contributed by atoms with Crippen molar-refractivity contribution in [3.05, 3.63) is 67.1 Å². The first-order valence-electron chi connectivity index (χ1n) is 12.0. The van der Waals surface area contributed by atoms with Crippen LogP contribution >= 0.6 is 0 Å². The number of nitrogens with zero attached hydrogens (tertiary/aromatic N) is 5. The molecule has 1 aliphatic heterocycles. The lowest BCUT2D eigenvalue weighted by molar-refractivity contribution is 0.0240. The normalized spacial score (nSPS) is 14.2. The van der Waals surface area contributed by atoms with Gasteiger partial charge in [0, 0.05) is 67.4 Å². The van der Waals surface area contributed by atoms with Gasteiger partial charge in [0.05, 0.1) is 5.69 Å². The highest BCUT2D eigenvalue weighted by atomic mass is 16.6. The van der Waals surface area contributed by atoms with Crippen molar-refractivity contribution >= 4 is 34.6 Å². The van der Waals surface area contributed by atoms with Crippen LogP contribution < -0.4 is 16.0 Å². The number of rotatable bonds is 4. The predicted molar refractivity (Wildman–Crippen MR) is 143 cm³/mol. The van der Waals surface area contributed by atoms with Gasteiger partial charge in [0.25, 0.3) is 0 Å². The number of hydrogen-bond acceptors (Lipinski definition) is 7. The van der Waals surface area contributed by atoms with Crippen molar-refractivity contribution < 1.29 is 9.53 Å². The maximum atomic E-state index is 12.3. The number of aromatic nitrogens is 3. The van der Waals surface area contributed by atoms with E-state index in [9.17, 15) is 4.79 Å². The first-order valence-corrected chi connectivity index (χ1v) is 12.0. The number of nitrogens with two attached hydrogens (primary N) is 1. The first kappa shape index (κ1) is 23.5. The van der Waals surface area contributed by atoms with Crippen LogP contribution in [-0.2, 0) is 4.74 Å². The molecule has 4 aromatic rings. The molecule has 1 fully saturated rings. The number of fused-ring (bicyclic) bond motifs is 1. The fourth-order valence-electron chi connectivity index (χ4n) is 4.22. The van der Waals surface area contributed by atoms with E-state index in [1.54, 1.807) is 11.1 Å². The predicted octanol–water partition coefficient (Wildman–Crippen LogP) is 4.78. The number of anilines is 4. The molecule has 1 saturated heterocycles. The summed E-state index contributed by atoms with van der Waals surface area (Å²) >= 11 is 0. The van der Waals surface area contributed by atoms with Gasteiger partial charge in [0.1, 0.15) is 5.60 Å². The topological polar surface area (TPSA) is 101 Å². The van der Waals surface area contributed by atoms with E-state index in [-0.39, 0.29) is 6.09 Å². The van der Waals surface area contributed by atoms with E-state index >= 15 is 0 Å². The molecule has 0 aliphatic carbocycles. The van der Waals surface area contributed by atoms with Crippen LogP contribution in [0.5, 0.6) is 0 Å². The Labute approximate surface area is 210 Å². The molecule has 0 saturated carbocycles. The highest BCUT2D eigenvalue weighted by Crippen LogP contribution is 2.27. The molecule has 36 heavy (non-hydrogen) atoms. The number of imidazole rings is 1. The molecule has 0 radical (unpaired) electrons. The van der Waals surface area contributed by atoms with Crippen molar-refractivity contribution in [3.63, 3.8) is 0 Å². The number of benzene rings is 2. The summed E-state index contributed by atoms with van der Waals surface area (Å²) in [5.74, 6) is 0.665. The molecule has 1 amide bonds. The molecule has 0 spiro atoms. The largest absolute Gasteiger partial charge is 0.444 e. The second-order valence-corrected chi connectivity index (χ2v) is 9.88. The molecule has 2 aromatic heterocycles. The Kier molecular flexibility index (Phi) is 6.13. The summed E-state index contributed by atoms with van der Waals surface area (Å²) < 4.78 is 7.45. The third kappa shape index (κ3) is 5.19. The van der Waals surface area contributed by atoms with Gasteiger partial charge in [-0.25, -0.2) is 14.8 Å². The zero-order chi connectivity index (χ0) is 25.3. The van der Waals surface area contributed by atoms with E-state index in [2.05, 4.69) is 27.3 Å². The quantitative estimate of drug-likeness (QED) is 0.401. The van der Waals surface area contributed by atoms with Crippen LogP contribution in [0, 0.1) is 0 Å². The van der Waals surface area contributed by atoms with Gasteiger partial charge in [-0.1, -0.05) is 12.1 Å². The fraction of sp³-hybridized carbons (Fsp3) is 0.296. The van der Waals surface area contributed by atoms with E-state index in [1.165, 1.54) is 0 Å². The average Bonchev–Trinajstić information content (AvgIpc) is 3.33. The van der Waals surface area contributed by atoms with E-state index in [0.29, 0.717) is 24.6 Å². The lowest BCUT2D eigenvalue weighted by atomic mass is 10.1. The van der Waals surface area contributed by atoms with E-state index < -0.39 is 5.60 Å². The zero-order valence-corrected chi connectivity index (χ0v) is 20.8. The maximum absolute atomic E-state index is 12.3. The first-order chi connectivity index (χ1) is 17.2. The Morgan fingerprint density at radius 1 is 1.06 bits per heavy atom. The van der Waals surface area contributed by atoms with Gasteiger partial charge in [-0.2, -0.15) is 0 Å². The number of carbonyl (C=O) groups excluding carboxylic acids is 1. The van der Waals surface area contributed by atoms with Gasteiger partial charge >= 0.3 is 6.09 Å². The van der Waals surface area contributed by atoms with Crippen LogP contribution in [-0.4, -0.2) is 57.1 Å². The molecular formula is C27H31N7O2. The number of amides is 1. The van der Waals surface area contributed by atoms with Gasteiger partial charge in [0.2, 0.25) is 0 Å². The smallest absolute Gasteiger partial charge is 0.410 e. The monoisotopic (exact) mass is 485 g/mol. The SMILES string of the molecule is CC(C)(C)OC(=O)N1CCN(c2ccc(Nc3nc(-c4cccc(N)c4)cn4ccnc34)cc2)CC1. The standard InChI is InChI=1S/C27H31N7O2/c1-27(2,3)36-26(35)33-15-13-32(14-16-33)22-9-7-21(8-10-22)30-24-25-29-11-12-34(25)18-23(31-24)19-5-4-6-20(28)17-19/h4-12,17-18H,13-16,28H2,1-3H3,(H,30,31). The van der Waals surface area contributed by atoms with Crippen LogP contribution in [0.1, 0.15) is 20.8 Å². The minimum Gasteiger partial charge on any atom is -0.444 e. The van der Waals surface area contributed by atoms with Gasteiger partial charge in [-0.05, 0) is 57.2 Å². The third-order valence-electron chi connectivity index (χ3n) is 5.98. The molecule has 5 rings (SSSR count). The highest BCUT2D eigenvalue weighted by molar-refractivity contribution is 5.75. The van der Waals surface area contributed by atoms with Crippen molar-refractivity contribution in [3.8, 4) is 11.3 Å². The van der Waals surface area contributed by atoms with Crippen LogP contribution in [0.4, 0.5) is 27.7 Å². The number of nitrogen functional groups attached to an aromatic ring is 1. The molecule has 186 valence electrons. The average molecular weight is 486 g/mol. The van der Waals surface area contributed by atoms with Crippen LogP contribution in [0.15, 0.2) is 67.1 Å². The highest BCUT2D eigenvalue weighted by Gasteiger charge is 2.26. The van der Waals surface area contributed by atoms with Gasteiger partial charge < -0.3 is 30.0 Å². The van der Waals surface area contributed by atoms with Gasteiger partial charge in [0.15, 0.2) is 11.5 Å². The molecule has 9 nitrogen and oxygen atoms in total. The lowest BCUT2D eigenvalue weighted by Gasteiger charge is -2.36. The van der Waals surface area contributed by atoms with E-state index in [4.69, 9.17) is 15.5 Å². The molecular weight excluding hydrogens is 454 g/mol. The minimum atomic E-state index is -0.484. The van der Waals surface area contributed by atoms with Crippen molar-refractivity contribution in [1.82, 2.24) is 19.3 Å². The summed E-state index contributed by atoms with van der Waals surface area (Å²) in [5, 5.41) is 3.42. The zero-order valence-electron chi connectivity index (χ0n) is 20.8. The summed E-state index contributed by atoms with van der Waals surface area (Å²) in [4.78, 5) is 25.7. The second-order valence-electron chi connectivity index (χ2n) is 9.88. The lowest BCUT2D eigenvalue weighted by Crippen LogP contribution is -2.50. The van der Waals surface area contributed by atoms with Crippen LogP contribution in [0.3, 0.4) is 0 Å². The molecule has 0 bridgehead atoms. The molecule has 1 aliphatic rings. The van der Waals surface area contributed by atoms with Gasteiger partial charge in [-0.15, -0.1) is 0 Å². The Morgan fingerprint density at radius 3 is 2.50 bits per heavy atom. The number of piperazine rings is 1. The van der Waals surface area contributed by atoms with Crippen molar-refractivity contribution in [1.29, 1.82) is 0 Å². The Morgan fingerprint density at radius 2 is 1.81 bits per heavy atom. The molecule has 0 atom stereocenters. The summed E-state index contributed by atoms with van der Waals surface area (Å²) in [6.07, 6.45) is 5.35. The van der Waals surface area contributed by atoms with Crippen LogP contribution in [0.25, 0.3) is 16.9 Å². The number of carbonyl (C=O) groups is 1. The Bertz CT molecular complexity index is 1370. The fourth-order valence-corrected chi connectivity index (χ4v) is 4.22. The summed E-state index contributed by atoms with van der Waals surface area (Å²) in [5.41, 5.74) is 10.7. The third-order valence-corrected chi connectivity index (χ3v) is 5.98. The summed E-state index contributed by atoms with van der Waals surface area (Å²) in [6, 6.07) is 15.9. The Hall–Kier alpha value is -4.27. The van der Waals surface area contributed by atoms with Gasteiger partial charge in [-0.3, -0.25) is 0 Å². The van der Waals surface area contributed by atoms with E-state index in [1.807, 2.05) is 74.0 Å². The Balaban J connectivity index is 1.29. The molecule has 2 aromatic carbocycles. The minimum absolute atomic E-state index is 0.250. The number of hydrogen-bond donors (Lipinski definition) is 2. The molecule has 9 heteroatoms. The molecule has 3 N–H and O–H groups in total. The second kappa shape index (κ2) is 9.41. The number of ether oxygens (including phenoxy) is 1. The van der Waals surface area contributed by atoms with Crippen molar-refractivity contribution in [2.75, 3.05) is 42.1 Å². The number of nitrogens with one attached hydrogen (secondary N) is 1. The van der Waals surface area contributed by atoms with Crippen molar-refractivity contribution in [2.45, 2.75) is 26.4 Å². The van der Waals surface area contributed by atoms with Crippen molar-refractivity contribution in [2.24, 2.45) is 0 Å².